The van der Waals surface area contributed by atoms with E-state index in [4.69, 9.17) is 9.51 Å². The molecule has 4 aromatic rings. The molecule has 2 amide bonds. The summed E-state index contributed by atoms with van der Waals surface area (Å²) in [6.07, 6.45) is 4.27. The van der Waals surface area contributed by atoms with Crippen LogP contribution in [0.15, 0.2) is 53.6 Å². The zero-order valence-corrected chi connectivity index (χ0v) is 20.0. The highest BCUT2D eigenvalue weighted by Gasteiger charge is 2.50. The van der Waals surface area contributed by atoms with E-state index in [-0.39, 0.29) is 23.3 Å². The number of hydrogen-bond donors (Lipinski definition) is 1. The fourth-order valence-corrected chi connectivity index (χ4v) is 6.18. The van der Waals surface area contributed by atoms with Crippen LogP contribution in [0.3, 0.4) is 0 Å². The Morgan fingerprint density at radius 2 is 2.06 bits per heavy atom. The molecule has 1 aliphatic heterocycles. The summed E-state index contributed by atoms with van der Waals surface area (Å²) in [6, 6.07) is 11.7. The average molecular weight is 489 g/mol. The number of carbonyl (C=O) groups excluding carboxylic acids is 2. The van der Waals surface area contributed by atoms with Crippen molar-refractivity contribution in [1.29, 1.82) is 0 Å². The van der Waals surface area contributed by atoms with Gasteiger partial charge in [0.2, 0.25) is 23.6 Å². The standard InChI is InChI=1S/C25H24N6O3S/c1-3-21(32)30-11-10-25(14-30)12-16(13-25)31-18-7-5-4-6-17(18)27-24(31)28-23(33)20-9-8-19(35-20)22-26-15(2)34-29-22/h3-9,16H,1,10-14H2,2H3,(H,27,28,33)/t16-,25-. The van der Waals surface area contributed by atoms with Gasteiger partial charge in [0.25, 0.3) is 5.91 Å². The van der Waals surface area contributed by atoms with Crippen LogP contribution < -0.4 is 5.32 Å². The first-order valence-corrected chi connectivity index (χ1v) is 12.4. The number of benzene rings is 1. The topological polar surface area (TPSA) is 106 Å². The number of amides is 2. The predicted molar refractivity (Wildman–Crippen MR) is 132 cm³/mol. The summed E-state index contributed by atoms with van der Waals surface area (Å²) in [5.41, 5.74) is 1.96. The number of imidazole rings is 1. The Bertz CT molecular complexity index is 1460. The number of aromatic nitrogens is 4. The Balaban J connectivity index is 1.24. The molecule has 4 heterocycles. The van der Waals surface area contributed by atoms with E-state index in [1.165, 1.54) is 17.4 Å². The van der Waals surface area contributed by atoms with Gasteiger partial charge in [-0.1, -0.05) is 23.9 Å². The summed E-state index contributed by atoms with van der Waals surface area (Å²) in [5.74, 6) is 1.26. The van der Waals surface area contributed by atoms with Crippen molar-refractivity contribution in [3.8, 4) is 10.7 Å². The van der Waals surface area contributed by atoms with Crippen LogP contribution >= 0.6 is 11.3 Å². The lowest BCUT2D eigenvalue weighted by Crippen LogP contribution is -2.42. The van der Waals surface area contributed by atoms with Gasteiger partial charge in [-0.15, -0.1) is 11.3 Å². The maximum absolute atomic E-state index is 13.2. The van der Waals surface area contributed by atoms with Gasteiger partial charge in [-0.25, -0.2) is 4.98 Å². The summed E-state index contributed by atoms with van der Waals surface area (Å²) in [4.78, 5) is 37.4. The van der Waals surface area contributed by atoms with Crippen LogP contribution in [-0.4, -0.2) is 49.5 Å². The van der Waals surface area contributed by atoms with Crippen molar-refractivity contribution in [2.24, 2.45) is 5.41 Å². The molecule has 0 unspecified atom stereocenters. The number of para-hydroxylation sites is 2. The minimum atomic E-state index is -0.226. The zero-order valence-electron chi connectivity index (χ0n) is 19.2. The minimum Gasteiger partial charge on any atom is -0.339 e. The van der Waals surface area contributed by atoms with Crippen molar-refractivity contribution in [2.45, 2.75) is 32.2 Å². The molecule has 1 aromatic carbocycles. The zero-order chi connectivity index (χ0) is 24.2. The van der Waals surface area contributed by atoms with Crippen LogP contribution in [0.4, 0.5) is 5.95 Å². The summed E-state index contributed by atoms with van der Waals surface area (Å²) >= 11 is 1.31. The lowest BCUT2D eigenvalue weighted by molar-refractivity contribution is -0.125. The molecule has 0 bridgehead atoms. The van der Waals surface area contributed by atoms with E-state index in [2.05, 4.69) is 26.6 Å². The molecule has 0 atom stereocenters. The van der Waals surface area contributed by atoms with Crippen molar-refractivity contribution in [3.05, 3.63) is 59.8 Å². The van der Waals surface area contributed by atoms with Crippen LogP contribution in [0, 0.1) is 12.3 Å². The van der Waals surface area contributed by atoms with E-state index >= 15 is 0 Å². The molecule has 35 heavy (non-hydrogen) atoms. The second-order valence-electron chi connectivity index (χ2n) is 9.33. The second-order valence-corrected chi connectivity index (χ2v) is 10.4. The molecule has 1 N–H and O–H groups in total. The molecule has 1 saturated heterocycles. The van der Waals surface area contributed by atoms with Gasteiger partial charge in [-0.3, -0.25) is 14.9 Å². The van der Waals surface area contributed by atoms with Crippen molar-refractivity contribution >= 4 is 40.1 Å². The number of rotatable bonds is 5. The van der Waals surface area contributed by atoms with Crippen molar-refractivity contribution < 1.29 is 14.1 Å². The van der Waals surface area contributed by atoms with Crippen LogP contribution in [0.1, 0.15) is 40.9 Å². The number of nitrogens with zero attached hydrogens (tertiary/aromatic N) is 5. The van der Waals surface area contributed by atoms with Gasteiger partial charge in [-0.05, 0) is 55.0 Å². The number of likely N-dealkylation sites (tertiary alicyclic amines) is 1. The van der Waals surface area contributed by atoms with Gasteiger partial charge in [0.05, 0.1) is 20.8 Å². The number of fused-ring (bicyclic) bond motifs is 1. The fourth-order valence-electron chi connectivity index (χ4n) is 5.35. The first-order valence-electron chi connectivity index (χ1n) is 11.5. The summed E-state index contributed by atoms with van der Waals surface area (Å²) < 4.78 is 7.20. The van der Waals surface area contributed by atoms with Gasteiger partial charge in [0.15, 0.2) is 0 Å². The first-order chi connectivity index (χ1) is 16.9. The van der Waals surface area contributed by atoms with Crippen LogP contribution in [-0.2, 0) is 4.79 Å². The largest absolute Gasteiger partial charge is 0.339 e. The Morgan fingerprint density at radius 3 is 2.83 bits per heavy atom. The number of thiophene rings is 1. The van der Waals surface area contributed by atoms with Gasteiger partial charge >= 0.3 is 0 Å². The highest BCUT2D eigenvalue weighted by molar-refractivity contribution is 7.17. The van der Waals surface area contributed by atoms with Gasteiger partial charge < -0.3 is 14.0 Å². The monoisotopic (exact) mass is 488 g/mol. The van der Waals surface area contributed by atoms with Crippen molar-refractivity contribution in [3.63, 3.8) is 0 Å². The second kappa shape index (κ2) is 8.16. The average Bonchev–Trinajstić information content (AvgIpc) is 3.61. The third-order valence-corrected chi connectivity index (χ3v) is 8.11. The van der Waals surface area contributed by atoms with E-state index in [9.17, 15) is 9.59 Å². The highest BCUT2D eigenvalue weighted by Crippen LogP contribution is 2.55. The third-order valence-electron chi connectivity index (χ3n) is 7.03. The molecule has 1 saturated carbocycles. The molecule has 0 radical (unpaired) electrons. The van der Waals surface area contributed by atoms with Crippen LogP contribution in [0.25, 0.3) is 21.7 Å². The molecule has 1 spiro atoms. The molecule has 6 rings (SSSR count). The SMILES string of the molecule is C=CC(=O)N1CC[C@]2(C1)C[C@H](n1c(NC(=O)c3ccc(-c4noc(C)n4)s3)nc3ccccc31)C2. The Hall–Kier alpha value is -3.79. The van der Waals surface area contributed by atoms with E-state index in [0.29, 0.717) is 22.5 Å². The molecule has 10 heteroatoms. The molecule has 9 nitrogen and oxygen atoms in total. The Morgan fingerprint density at radius 1 is 1.23 bits per heavy atom. The van der Waals surface area contributed by atoms with E-state index in [1.54, 1.807) is 13.0 Å². The number of hydrogen-bond acceptors (Lipinski definition) is 7. The third kappa shape index (κ3) is 3.74. The number of carbonyl (C=O) groups is 2. The first kappa shape index (κ1) is 21.7. The Kier molecular flexibility index (Phi) is 5.06. The highest BCUT2D eigenvalue weighted by atomic mass is 32.1. The Labute approximate surface area is 205 Å². The molecule has 178 valence electrons. The molecule has 3 aromatic heterocycles. The van der Waals surface area contributed by atoms with Gasteiger partial charge in [-0.2, -0.15) is 4.98 Å². The summed E-state index contributed by atoms with van der Waals surface area (Å²) in [5, 5.41) is 6.96. The van der Waals surface area contributed by atoms with Crippen LogP contribution in [0.5, 0.6) is 0 Å². The minimum absolute atomic E-state index is 0.00217. The molecule has 2 fully saturated rings. The normalized spacial score (nSPS) is 21.4. The van der Waals surface area contributed by atoms with Crippen molar-refractivity contribution in [1.82, 2.24) is 24.6 Å². The number of nitrogens with one attached hydrogen (secondary N) is 1. The van der Waals surface area contributed by atoms with Crippen LogP contribution in [0.2, 0.25) is 0 Å². The number of anilines is 1. The van der Waals surface area contributed by atoms with E-state index in [1.807, 2.05) is 35.2 Å². The molecule has 2 aliphatic rings. The molecular formula is C25H24N6O3S. The lowest BCUT2D eigenvalue weighted by atomic mass is 9.65. The quantitative estimate of drug-likeness (QED) is 0.416. The molecular weight excluding hydrogens is 464 g/mol. The summed E-state index contributed by atoms with van der Waals surface area (Å²) in [6.45, 7) is 6.88. The number of aryl methyl sites for hydroxylation is 1. The summed E-state index contributed by atoms with van der Waals surface area (Å²) in [7, 11) is 0. The molecule has 1 aliphatic carbocycles. The maximum Gasteiger partial charge on any atom is 0.268 e. The maximum atomic E-state index is 13.2. The smallest absolute Gasteiger partial charge is 0.268 e. The van der Waals surface area contributed by atoms with E-state index in [0.717, 1.165) is 48.3 Å². The van der Waals surface area contributed by atoms with Crippen molar-refractivity contribution in [2.75, 3.05) is 18.4 Å². The van der Waals surface area contributed by atoms with E-state index < -0.39 is 0 Å². The van der Waals surface area contributed by atoms with Gasteiger partial charge in [0.1, 0.15) is 0 Å². The predicted octanol–water partition coefficient (Wildman–Crippen LogP) is 4.45. The van der Waals surface area contributed by atoms with Gasteiger partial charge in [0, 0.05) is 26.1 Å². The lowest BCUT2D eigenvalue weighted by Gasteiger charge is -2.46. The fraction of sp³-hybridized carbons (Fsp3) is 0.320.